The monoisotopic (exact) mass is 127 g/mol. The van der Waals surface area contributed by atoms with Crippen molar-refractivity contribution in [2.45, 2.75) is 26.8 Å². The lowest BCUT2D eigenvalue weighted by atomic mass is 10.4. The molecule has 0 saturated heterocycles. The molecule has 0 aromatic rings. The summed E-state index contributed by atoms with van der Waals surface area (Å²) in [6.07, 6.45) is 2.49. The van der Waals surface area contributed by atoms with Gasteiger partial charge in [0, 0.05) is 13.0 Å². The Balaban J connectivity index is 2.98. The van der Waals surface area contributed by atoms with Crippen molar-refractivity contribution in [3.05, 3.63) is 0 Å². The van der Waals surface area contributed by atoms with E-state index in [4.69, 9.17) is 4.74 Å². The average molecular weight is 127 g/mol. The van der Waals surface area contributed by atoms with Crippen molar-refractivity contribution in [3.8, 4) is 12.0 Å². The van der Waals surface area contributed by atoms with E-state index in [2.05, 4.69) is 31.2 Å². The molecule has 0 saturated carbocycles. The van der Waals surface area contributed by atoms with Crippen molar-refractivity contribution in [2.75, 3.05) is 6.73 Å². The largest absolute Gasteiger partial charge is 0.431 e. The van der Waals surface area contributed by atoms with Crippen LogP contribution in [0.25, 0.3) is 0 Å². The van der Waals surface area contributed by atoms with E-state index in [1.54, 1.807) is 6.92 Å². The molecule has 0 amide bonds. The second-order valence-corrected chi connectivity index (χ2v) is 2.00. The standard InChI is InChI=1S/C7H13NO/c1-4-5-9-6-8-7(2)3/h7-8H,6H2,1-3H3. The van der Waals surface area contributed by atoms with Crippen LogP contribution in [0, 0.1) is 12.0 Å². The van der Waals surface area contributed by atoms with Gasteiger partial charge in [-0.25, -0.2) is 0 Å². The SMILES string of the molecule is CC#COCNC(C)C. The van der Waals surface area contributed by atoms with Gasteiger partial charge in [-0.2, -0.15) is 0 Å². The number of rotatable bonds is 3. The fraction of sp³-hybridized carbons (Fsp3) is 0.714. The third-order valence-electron chi connectivity index (χ3n) is 0.738. The van der Waals surface area contributed by atoms with Crippen LogP contribution >= 0.6 is 0 Å². The van der Waals surface area contributed by atoms with Gasteiger partial charge >= 0.3 is 0 Å². The maximum atomic E-state index is 4.82. The van der Waals surface area contributed by atoms with Crippen molar-refractivity contribution in [1.82, 2.24) is 5.32 Å². The van der Waals surface area contributed by atoms with E-state index in [9.17, 15) is 0 Å². The Bertz CT molecular complexity index is 110. The molecule has 2 nitrogen and oxygen atoms in total. The molecule has 0 radical (unpaired) electrons. The second-order valence-electron chi connectivity index (χ2n) is 2.00. The van der Waals surface area contributed by atoms with Crippen molar-refractivity contribution in [1.29, 1.82) is 0 Å². The average Bonchev–Trinajstić information content (AvgIpc) is 1.80. The summed E-state index contributed by atoms with van der Waals surface area (Å²) in [4.78, 5) is 0. The number of hydrogen-bond donors (Lipinski definition) is 1. The normalized spacial score (nSPS) is 8.44. The maximum Gasteiger partial charge on any atom is 0.151 e. The summed E-state index contributed by atoms with van der Waals surface area (Å²) in [6, 6.07) is 0.462. The minimum absolute atomic E-state index is 0.462. The molecule has 0 bridgehead atoms. The third-order valence-corrected chi connectivity index (χ3v) is 0.738. The predicted octanol–water partition coefficient (Wildman–Crippen LogP) is 0.939. The first-order valence-electron chi connectivity index (χ1n) is 3.04. The lowest BCUT2D eigenvalue weighted by Crippen LogP contribution is -2.24. The van der Waals surface area contributed by atoms with Gasteiger partial charge in [0.1, 0.15) is 6.11 Å². The van der Waals surface area contributed by atoms with Gasteiger partial charge in [-0.05, 0) is 13.8 Å². The van der Waals surface area contributed by atoms with Gasteiger partial charge in [0.15, 0.2) is 6.73 Å². The molecule has 1 N–H and O–H groups in total. The van der Waals surface area contributed by atoms with Crippen LogP contribution < -0.4 is 5.32 Å². The molecular formula is C7H13NO. The molecule has 0 heterocycles. The Kier molecular flexibility index (Phi) is 5.04. The summed E-state index contributed by atoms with van der Waals surface area (Å²) >= 11 is 0. The molecule has 9 heavy (non-hydrogen) atoms. The fourth-order valence-corrected chi connectivity index (χ4v) is 0.317. The summed E-state index contributed by atoms with van der Waals surface area (Å²) in [5.41, 5.74) is 0. The molecule has 0 aromatic carbocycles. The van der Waals surface area contributed by atoms with E-state index in [1.807, 2.05) is 0 Å². The highest BCUT2D eigenvalue weighted by Crippen LogP contribution is 1.74. The second kappa shape index (κ2) is 5.46. The number of ether oxygens (including phenoxy) is 1. The number of hydrogen-bond acceptors (Lipinski definition) is 2. The van der Waals surface area contributed by atoms with Gasteiger partial charge in [0.25, 0.3) is 0 Å². The molecular weight excluding hydrogens is 114 g/mol. The van der Waals surface area contributed by atoms with E-state index in [0.717, 1.165) is 0 Å². The Morgan fingerprint density at radius 1 is 1.56 bits per heavy atom. The highest BCUT2D eigenvalue weighted by Gasteiger charge is 1.87. The van der Waals surface area contributed by atoms with Crippen molar-refractivity contribution >= 4 is 0 Å². The zero-order chi connectivity index (χ0) is 7.11. The van der Waals surface area contributed by atoms with Gasteiger partial charge in [0.05, 0.1) is 0 Å². The Morgan fingerprint density at radius 2 is 2.22 bits per heavy atom. The highest BCUT2D eigenvalue weighted by atomic mass is 16.5. The first-order valence-corrected chi connectivity index (χ1v) is 3.04. The third kappa shape index (κ3) is 7.32. The lowest BCUT2D eigenvalue weighted by molar-refractivity contribution is 0.236. The van der Waals surface area contributed by atoms with Crippen LogP contribution in [0.2, 0.25) is 0 Å². The van der Waals surface area contributed by atoms with E-state index in [0.29, 0.717) is 12.8 Å². The first kappa shape index (κ1) is 8.32. The van der Waals surface area contributed by atoms with Gasteiger partial charge in [-0.3, -0.25) is 5.32 Å². The first-order chi connectivity index (χ1) is 4.27. The number of nitrogens with one attached hydrogen (secondary N) is 1. The van der Waals surface area contributed by atoms with Crippen LogP contribution in [0.5, 0.6) is 0 Å². The minimum Gasteiger partial charge on any atom is -0.431 e. The predicted molar refractivity (Wildman–Crippen MR) is 37.7 cm³/mol. The van der Waals surface area contributed by atoms with E-state index in [1.165, 1.54) is 0 Å². The lowest BCUT2D eigenvalue weighted by Gasteiger charge is -2.04. The summed E-state index contributed by atoms with van der Waals surface area (Å²) in [7, 11) is 0. The quantitative estimate of drug-likeness (QED) is 0.346. The Morgan fingerprint density at radius 3 is 2.67 bits per heavy atom. The van der Waals surface area contributed by atoms with Crippen molar-refractivity contribution in [2.24, 2.45) is 0 Å². The van der Waals surface area contributed by atoms with Crippen LogP contribution in [0.1, 0.15) is 20.8 Å². The molecule has 0 fully saturated rings. The van der Waals surface area contributed by atoms with Crippen LogP contribution in [0.15, 0.2) is 0 Å². The minimum atomic E-state index is 0.462. The maximum absolute atomic E-state index is 4.82. The van der Waals surface area contributed by atoms with E-state index in [-0.39, 0.29) is 0 Å². The molecule has 0 aliphatic rings. The fourth-order valence-electron chi connectivity index (χ4n) is 0.317. The molecule has 0 aliphatic heterocycles. The molecule has 52 valence electrons. The smallest absolute Gasteiger partial charge is 0.151 e. The van der Waals surface area contributed by atoms with Gasteiger partial charge in [-0.1, -0.05) is 5.92 Å². The summed E-state index contributed by atoms with van der Waals surface area (Å²) in [5, 5.41) is 3.06. The van der Waals surface area contributed by atoms with Crippen LogP contribution in [-0.4, -0.2) is 12.8 Å². The van der Waals surface area contributed by atoms with Crippen LogP contribution in [0.3, 0.4) is 0 Å². The van der Waals surface area contributed by atoms with Crippen LogP contribution in [-0.2, 0) is 4.74 Å². The van der Waals surface area contributed by atoms with Gasteiger partial charge in [0.2, 0.25) is 0 Å². The zero-order valence-corrected chi connectivity index (χ0v) is 6.19. The summed E-state index contributed by atoms with van der Waals surface area (Å²) in [6.45, 7) is 6.37. The summed E-state index contributed by atoms with van der Waals surface area (Å²) < 4.78 is 4.82. The van der Waals surface area contributed by atoms with Crippen LogP contribution in [0.4, 0.5) is 0 Å². The highest BCUT2D eigenvalue weighted by molar-refractivity contribution is 4.84. The zero-order valence-electron chi connectivity index (χ0n) is 6.19. The van der Waals surface area contributed by atoms with Crippen molar-refractivity contribution < 1.29 is 4.74 Å². The molecule has 0 spiro atoms. The topological polar surface area (TPSA) is 21.3 Å². The Labute approximate surface area is 56.6 Å². The molecule has 0 aromatic heterocycles. The molecule has 0 rings (SSSR count). The molecule has 2 heteroatoms. The van der Waals surface area contributed by atoms with E-state index >= 15 is 0 Å². The molecule has 0 aliphatic carbocycles. The van der Waals surface area contributed by atoms with Gasteiger partial charge in [-0.15, -0.1) is 0 Å². The summed E-state index contributed by atoms with van der Waals surface area (Å²) in [5.74, 6) is 2.63. The van der Waals surface area contributed by atoms with E-state index < -0.39 is 0 Å². The molecule has 0 atom stereocenters. The molecule has 0 unspecified atom stereocenters. The van der Waals surface area contributed by atoms with Crippen molar-refractivity contribution in [3.63, 3.8) is 0 Å². The van der Waals surface area contributed by atoms with Gasteiger partial charge < -0.3 is 4.74 Å². The Hall–Kier alpha value is -0.680.